The standard InChI is InChI=1S/C19H21ClN2O4S/c1-12(2)14-6-4-5-7-15(14)21-19(23)18-11-22(27(3,24)25)16-10-13(20)8-9-17(16)26-18/h4-10,12,18H,11H2,1-3H3,(H,21,23)/t18-/m1/s1. The molecule has 1 N–H and O–H groups in total. The number of ether oxygens (including phenoxy) is 1. The Hall–Kier alpha value is -2.25. The van der Waals surface area contributed by atoms with Gasteiger partial charge in [0.05, 0.1) is 18.5 Å². The van der Waals surface area contributed by atoms with E-state index in [0.29, 0.717) is 22.1 Å². The van der Waals surface area contributed by atoms with Crippen LogP contribution in [0.15, 0.2) is 42.5 Å². The molecule has 27 heavy (non-hydrogen) atoms. The van der Waals surface area contributed by atoms with Crippen LogP contribution in [0.5, 0.6) is 5.75 Å². The van der Waals surface area contributed by atoms with Crippen molar-refractivity contribution >= 4 is 38.9 Å². The van der Waals surface area contributed by atoms with Crippen LogP contribution in [0.2, 0.25) is 5.02 Å². The second-order valence-electron chi connectivity index (χ2n) is 6.74. The lowest BCUT2D eigenvalue weighted by Gasteiger charge is -2.34. The van der Waals surface area contributed by atoms with Gasteiger partial charge >= 0.3 is 0 Å². The molecule has 0 spiro atoms. The maximum absolute atomic E-state index is 12.8. The molecule has 0 saturated heterocycles. The Labute approximate surface area is 164 Å². The highest BCUT2D eigenvalue weighted by atomic mass is 35.5. The van der Waals surface area contributed by atoms with E-state index in [-0.39, 0.29) is 12.5 Å². The first kappa shape index (κ1) is 19.5. The maximum Gasteiger partial charge on any atom is 0.267 e. The van der Waals surface area contributed by atoms with Crippen LogP contribution in [0.25, 0.3) is 0 Å². The number of rotatable bonds is 4. The highest BCUT2D eigenvalue weighted by molar-refractivity contribution is 7.92. The normalized spacial score (nSPS) is 16.6. The molecule has 0 aromatic heterocycles. The van der Waals surface area contributed by atoms with Crippen molar-refractivity contribution in [1.29, 1.82) is 0 Å². The molecule has 0 aliphatic carbocycles. The molecule has 0 bridgehead atoms. The zero-order valence-corrected chi connectivity index (χ0v) is 16.8. The van der Waals surface area contributed by atoms with Crippen molar-refractivity contribution in [1.82, 2.24) is 0 Å². The van der Waals surface area contributed by atoms with E-state index in [1.165, 1.54) is 6.07 Å². The number of benzene rings is 2. The summed E-state index contributed by atoms with van der Waals surface area (Å²) in [7, 11) is -3.60. The molecule has 1 aliphatic heterocycles. The molecule has 8 heteroatoms. The van der Waals surface area contributed by atoms with Crippen molar-refractivity contribution in [2.24, 2.45) is 0 Å². The van der Waals surface area contributed by atoms with Gasteiger partial charge in [-0.2, -0.15) is 0 Å². The molecule has 0 radical (unpaired) electrons. The molecule has 0 fully saturated rings. The number of halogens is 1. The summed E-state index contributed by atoms with van der Waals surface area (Å²) in [6.45, 7) is 3.95. The predicted molar refractivity (Wildman–Crippen MR) is 107 cm³/mol. The van der Waals surface area contributed by atoms with Crippen molar-refractivity contribution in [3.05, 3.63) is 53.1 Å². The number of carbonyl (C=O) groups is 1. The van der Waals surface area contributed by atoms with Crippen molar-refractivity contribution in [2.45, 2.75) is 25.9 Å². The van der Waals surface area contributed by atoms with Gasteiger partial charge in [-0.1, -0.05) is 43.6 Å². The van der Waals surface area contributed by atoms with E-state index in [4.69, 9.17) is 16.3 Å². The van der Waals surface area contributed by atoms with E-state index in [9.17, 15) is 13.2 Å². The fraction of sp³-hybridized carbons (Fsp3) is 0.316. The molecule has 3 rings (SSSR count). The van der Waals surface area contributed by atoms with Gasteiger partial charge in [0.25, 0.3) is 5.91 Å². The average molecular weight is 409 g/mol. The number of para-hydroxylation sites is 1. The van der Waals surface area contributed by atoms with Crippen LogP contribution >= 0.6 is 11.6 Å². The molecule has 2 aromatic carbocycles. The number of hydrogen-bond acceptors (Lipinski definition) is 4. The topological polar surface area (TPSA) is 75.7 Å². The first-order chi connectivity index (χ1) is 12.7. The van der Waals surface area contributed by atoms with Gasteiger partial charge in [0.2, 0.25) is 10.0 Å². The number of anilines is 2. The Morgan fingerprint density at radius 3 is 2.63 bits per heavy atom. The number of nitrogens with zero attached hydrogens (tertiary/aromatic N) is 1. The molecular formula is C19H21ClN2O4S. The minimum Gasteiger partial charge on any atom is -0.476 e. The Balaban J connectivity index is 1.90. The SMILES string of the molecule is CC(C)c1ccccc1NC(=O)[C@H]1CN(S(C)(=O)=O)c2cc(Cl)ccc2O1. The maximum atomic E-state index is 12.8. The van der Waals surface area contributed by atoms with Gasteiger partial charge in [-0.15, -0.1) is 0 Å². The molecule has 1 atom stereocenters. The van der Waals surface area contributed by atoms with Crippen LogP contribution < -0.4 is 14.4 Å². The van der Waals surface area contributed by atoms with E-state index in [2.05, 4.69) is 5.32 Å². The first-order valence-electron chi connectivity index (χ1n) is 8.50. The van der Waals surface area contributed by atoms with E-state index in [0.717, 1.165) is 16.1 Å². The molecule has 1 heterocycles. The zero-order chi connectivity index (χ0) is 19.8. The van der Waals surface area contributed by atoms with E-state index >= 15 is 0 Å². The molecule has 2 aromatic rings. The van der Waals surface area contributed by atoms with Crippen LogP contribution in [0.3, 0.4) is 0 Å². The molecule has 144 valence electrons. The lowest BCUT2D eigenvalue weighted by Crippen LogP contribution is -2.48. The summed E-state index contributed by atoms with van der Waals surface area (Å²) in [6, 6.07) is 12.2. The van der Waals surface area contributed by atoms with Crippen molar-refractivity contribution in [3.8, 4) is 5.75 Å². The van der Waals surface area contributed by atoms with Crippen LogP contribution in [0.1, 0.15) is 25.3 Å². The van der Waals surface area contributed by atoms with Gasteiger partial charge < -0.3 is 10.1 Å². The summed E-state index contributed by atoms with van der Waals surface area (Å²) in [5.41, 5.74) is 2.01. The minimum atomic E-state index is -3.60. The van der Waals surface area contributed by atoms with Gasteiger partial charge in [0.1, 0.15) is 5.75 Å². The highest BCUT2D eigenvalue weighted by Gasteiger charge is 2.35. The van der Waals surface area contributed by atoms with Crippen LogP contribution in [-0.2, 0) is 14.8 Å². The summed E-state index contributed by atoms with van der Waals surface area (Å²) in [5, 5.41) is 3.25. The molecule has 6 nitrogen and oxygen atoms in total. The highest BCUT2D eigenvalue weighted by Crippen LogP contribution is 2.37. The number of carbonyl (C=O) groups excluding carboxylic acids is 1. The van der Waals surface area contributed by atoms with Gasteiger partial charge in [-0.25, -0.2) is 8.42 Å². The van der Waals surface area contributed by atoms with E-state index in [1.54, 1.807) is 12.1 Å². The summed E-state index contributed by atoms with van der Waals surface area (Å²) < 4.78 is 31.4. The number of sulfonamides is 1. The van der Waals surface area contributed by atoms with E-state index < -0.39 is 22.0 Å². The minimum absolute atomic E-state index is 0.123. The lowest BCUT2D eigenvalue weighted by molar-refractivity contribution is -0.122. The lowest BCUT2D eigenvalue weighted by atomic mass is 10.0. The Kier molecular flexibility index (Phi) is 5.35. The van der Waals surface area contributed by atoms with Gasteiger partial charge in [0, 0.05) is 10.7 Å². The van der Waals surface area contributed by atoms with Crippen LogP contribution in [-0.4, -0.2) is 33.2 Å². The molecule has 1 aliphatic rings. The van der Waals surface area contributed by atoms with E-state index in [1.807, 2.05) is 38.1 Å². The number of hydrogen-bond donors (Lipinski definition) is 1. The molecule has 1 amide bonds. The Morgan fingerprint density at radius 2 is 1.96 bits per heavy atom. The smallest absolute Gasteiger partial charge is 0.267 e. The van der Waals surface area contributed by atoms with Crippen LogP contribution in [0.4, 0.5) is 11.4 Å². The predicted octanol–water partition coefficient (Wildman–Crippen LogP) is 3.63. The van der Waals surface area contributed by atoms with Crippen molar-refractivity contribution in [2.75, 3.05) is 22.4 Å². The second kappa shape index (κ2) is 7.40. The van der Waals surface area contributed by atoms with Crippen molar-refractivity contribution < 1.29 is 17.9 Å². The van der Waals surface area contributed by atoms with Gasteiger partial charge in [-0.05, 0) is 35.7 Å². The summed E-state index contributed by atoms with van der Waals surface area (Å²) in [5.74, 6) is 0.120. The largest absolute Gasteiger partial charge is 0.476 e. The fourth-order valence-electron chi connectivity index (χ4n) is 3.00. The third-order valence-corrected chi connectivity index (χ3v) is 5.71. The zero-order valence-electron chi connectivity index (χ0n) is 15.3. The molecule has 0 unspecified atom stereocenters. The molecular weight excluding hydrogens is 388 g/mol. The summed E-state index contributed by atoms with van der Waals surface area (Å²) >= 11 is 5.99. The fourth-order valence-corrected chi connectivity index (χ4v) is 4.08. The molecule has 0 saturated carbocycles. The summed E-state index contributed by atoms with van der Waals surface area (Å²) in [4.78, 5) is 12.8. The average Bonchev–Trinajstić information content (AvgIpc) is 2.60. The van der Waals surface area contributed by atoms with Crippen molar-refractivity contribution in [3.63, 3.8) is 0 Å². The monoisotopic (exact) mass is 408 g/mol. The van der Waals surface area contributed by atoms with Gasteiger partial charge in [-0.3, -0.25) is 9.10 Å². The number of nitrogens with one attached hydrogen (secondary N) is 1. The third-order valence-electron chi connectivity index (χ3n) is 4.32. The summed E-state index contributed by atoms with van der Waals surface area (Å²) in [6.07, 6.45) is 0.111. The second-order valence-corrected chi connectivity index (χ2v) is 9.09. The first-order valence-corrected chi connectivity index (χ1v) is 10.7. The third kappa shape index (κ3) is 4.20. The Bertz CT molecular complexity index is 975. The Morgan fingerprint density at radius 1 is 1.26 bits per heavy atom. The van der Waals surface area contributed by atoms with Crippen LogP contribution in [0, 0.1) is 0 Å². The van der Waals surface area contributed by atoms with Gasteiger partial charge in [0.15, 0.2) is 6.10 Å². The number of amides is 1. The number of fused-ring (bicyclic) bond motifs is 1. The quantitative estimate of drug-likeness (QED) is 0.838.